The van der Waals surface area contributed by atoms with Crippen molar-refractivity contribution in [3.63, 3.8) is 0 Å². The molecule has 0 saturated heterocycles. The zero-order valence-corrected chi connectivity index (χ0v) is 13.8. The Hall–Kier alpha value is -2.12. The highest BCUT2D eigenvalue weighted by molar-refractivity contribution is 7.80. The molecular weight excluding hydrogens is 340 g/mol. The van der Waals surface area contributed by atoms with Crippen LogP contribution in [0.15, 0.2) is 40.5 Å². The van der Waals surface area contributed by atoms with Gasteiger partial charge in [-0.05, 0) is 24.3 Å². The number of hydrogen-bond acceptors (Lipinski definition) is 6. The van der Waals surface area contributed by atoms with Gasteiger partial charge in [0.1, 0.15) is 5.16 Å². The zero-order chi connectivity index (χ0) is 16.8. The molecule has 0 aliphatic carbocycles. The molecule has 0 fully saturated rings. The van der Waals surface area contributed by atoms with Crippen molar-refractivity contribution in [2.45, 2.75) is 5.50 Å². The van der Waals surface area contributed by atoms with Crippen LogP contribution in [0.5, 0.6) is 11.5 Å². The topological polar surface area (TPSA) is 80.1 Å². The van der Waals surface area contributed by atoms with E-state index in [0.29, 0.717) is 27.9 Å². The van der Waals surface area contributed by atoms with E-state index < -0.39 is 18.1 Å². The Balaban J connectivity index is 2.28. The van der Waals surface area contributed by atoms with E-state index in [1.165, 1.54) is 7.11 Å². The number of hydrogen-bond donors (Lipinski definition) is 3. The van der Waals surface area contributed by atoms with Gasteiger partial charge >= 0.3 is 5.97 Å². The summed E-state index contributed by atoms with van der Waals surface area (Å²) < 4.78 is 10.5. The van der Waals surface area contributed by atoms with Crippen LogP contribution in [-0.2, 0) is 4.79 Å². The molecule has 1 aliphatic rings. The minimum atomic E-state index is -1.07. The minimum absolute atomic E-state index is 0.348. The summed E-state index contributed by atoms with van der Waals surface area (Å²) in [4.78, 5) is 15.0. The van der Waals surface area contributed by atoms with E-state index in [1.54, 1.807) is 36.4 Å². The van der Waals surface area contributed by atoms with Gasteiger partial charge in [0.05, 0.1) is 12.8 Å². The van der Waals surface area contributed by atoms with Crippen molar-refractivity contribution in [2.24, 2.45) is 4.99 Å². The van der Waals surface area contributed by atoms with Crippen LogP contribution >= 0.6 is 24.2 Å². The van der Waals surface area contributed by atoms with Crippen molar-refractivity contribution >= 4 is 42.0 Å². The molecule has 2 rings (SSSR count). The molecule has 1 unspecified atom stereocenters. The molecule has 0 bridgehead atoms. The lowest BCUT2D eigenvalue weighted by Gasteiger charge is -2.15. The largest absolute Gasteiger partial charge is 0.493 e. The Morgan fingerprint density at radius 1 is 1.52 bits per heavy atom. The van der Waals surface area contributed by atoms with Crippen LogP contribution in [0.2, 0.25) is 0 Å². The molecule has 0 spiro atoms. The van der Waals surface area contributed by atoms with E-state index in [-0.39, 0.29) is 0 Å². The van der Waals surface area contributed by atoms with E-state index >= 15 is 0 Å². The number of halogens is 1. The lowest BCUT2D eigenvalue weighted by Crippen LogP contribution is -2.24. The fraction of sp³-hybridized carbons (Fsp3) is 0.200. The number of thiol groups is 1. The summed E-state index contributed by atoms with van der Waals surface area (Å²) in [6, 6.07) is 5.25. The smallest absolute Gasteiger partial charge is 0.341 e. The number of carboxylic acids is 1. The SMILES string of the molecule is COc1cccc(/C=C/C2=NC(S)NC(Cl)=C2)c1OCC(=O)O. The number of ether oxygens (including phenoxy) is 2. The second-order valence-electron chi connectivity index (χ2n) is 4.46. The molecule has 1 heterocycles. The van der Waals surface area contributed by atoms with Crippen molar-refractivity contribution in [1.29, 1.82) is 0 Å². The van der Waals surface area contributed by atoms with Crippen LogP contribution in [0, 0.1) is 0 Å². The second kappa shape index (κ2) is 7.94. The molecule has 2 N–H and O–H groups in total. The first-order valence-electron chi connectivity index (χ1n) is 6.59. The highest BCUT2D eigenvalue weighted by Crippen LogP contribution is 2.32. The highest BCUT2D eigenvalue weighted by atomic mass is 35.5. The average molecular weight is 355 g/mol. The van der Waals surface area contributed by atoms with Gasteiger partial charge in [-0.1, -0.05) is 23.7 Å². The minimum Gasteiger partial charge on any atom is -0.493 e. The Morgan fingerprint density at radius 3 is 2.96 bits per heavy atom. The molecule has 0 saturated carbocycles. The Morgan fingerprint density at radius 2 is 2.30 bits per heavy atom. The van der Waals surface area contributed by atoms with Gasteiger partial charge in [-0.3, -0.25) is 4.99 Å². The summed E-state index contributed by atoms with van der Waals surface area (Å²) in [5.41, 5.74) is 0.869. The fourth-order valence-electron chi connectivity index (χ4n) is 1.89. The number of carboxylic acid groups (broad SMARTS) is 1. The molecule has 23 heavy (non-hydrogen) atoms. The van der Waals surface area contributed by atoms with Crippen LogP contribution < -0.4 is 14.8 Å². The van der Waals surface area contributed by atoms with Gasteiger partial charge in [0, 0.05) is 5.56 Å². The number of aliphatic imine (C=N–C) groups is 1. The summed E-state index contributed by atoms with van der Waals surface area (Å²) in [6.45, 7) is -0.462. The van der Waals surface area contributed by atoms with Gasteiger partial charge < -0.3 is 19.9 Å². The summed E-state index contributed by atoms with van der Waals surface area (Å²) in [5.74, 6) is -0.275. The van der Waals surface area contributed by atoms with Crippen molar-refractivity contribution in [1.82, 2.24) is 5.32 Å². The number of carbonyl (C=O) groups is 1. The van der Waals surface area contributed by atoms with Gasteiger partial charge in [-0.25, -0.2) is 4.79 Å². The molecule has 1 aromatic carbocycles. The molecular formula is C15H15ClN2O4S. The zero-order valence-electron chi connectivity index (χ0n) is 12.2. The van der Waals surface area contributed by atoms with Gasteiger partial charge in [0.25, 0.3) is 0 Å². The monoisotopic (exact) mass is 354 g/mol. The first-order valence-corrected chi connectivity index (χ1v) is 7.48. The first kappa shape index (κ1) is 17.2. The maximum Gasteiger partial charge on any atom is 0.341 e. The number of rotatable bonds is 6. The number of nitrogens with zero attached hydrogens (tertiary/aromatic N) is 1. The second-order valence-corrected chi connectivity index (χ2v) is 5.35. The Labute approximate surface area is 143 Å². The van der Waals surface area contributed by atoms with E-state index in [1.807, 2.05) is 0 Å². The van der Waals surface area contributed by atoms with Gasteiger partial charge in [0.2, 0.25) is 0 Å². The third-order valence-corrected chi connectivity index (χ3v) is 3.28. The molecule has 8 heteroatoms. The number of para-hydroxylation sites is 1. The highest BCUT2D eigenvalue weighted by Gasteiger charge is 2.12. The summed E-state index contributed by atoms with van der Waals surface area (Å²) in [5, 5.41) is 12.0. The van der Waals surface area contributed by atoms with E-state index in [4.69, 9.17) is 26.2 Å². The number of methoxy groups -OCH3 is 1. The molecule has 1 aromatic rings. The number of nitrogens with one attached hydrogen (secondary N) is 1. The van der Waals surface area contributed by atoms with Crippen molar-refractivity contribution in [2.75, 3.05) is 13.7 Å². The maximum absolute atomic E-state index is 10.7. The lowest BCUT2D eigenvalue weighted by atomic mass is 10.1. The standard InChI is InChI=1S/C15H15ClN2O4S/c1-21-11-4-2-3-9(14(11)22-8-13(19)20)5-6-10-7-12(16)18-15(23)17-10/h2-7,15,18,23H,8H2,1H3,(H,19,20)/b6-5+. The molecule has 0 aromatic heterocycles. The predicted octanol–water partition coefficient (Wildman–Crippen LogP) is 2.51. The quantitative estimate of drug-likeness (QED) is 0.540. The van der Waals surface area contributed by atoms with Crippen LogP contribution in [0.4, 0.5) is 0 Å². The van der Waals surface area contributed by atoms with E-state index in [0.717, 1.165) is 0 Å². The Kier molecular flexibility index (Phi) is 5.95. The third-order valence-electron chi connectivity index (χ3n) is 2.82. The lowest BCUT2D eigenvalue weighted by molar-refractivity contribution is -0.139. The van der Waals surface area contributed by atoms with E-state index in [2.05, 4.69) is 22.9 Å². The average Bonchev–Trinajstić information content (AvgIpc) is 2.50. The first-order chi connectivity index (χ1) is 11.0. The van der Waals surface area contributed by atoms with E-state index in [9.17, 15) is 4.79 Å². The molecule has 1 aliphatic heterocycles. The molecule has 6 nitrogen and oxygen atoms in total. The summed E-state index contributed by atoms with van der Waals surface area (Å²) in [6.07, 6.45) is 5.13. The van der Waals surface area contributed by atoms with Crippen molar-refractivity contribution in [3.05, 3.63) is 41.1 Å². The molecule has 1 atom stereocenters. The number of aliphatic carboxylic acids is 1. The molecule has 122 valence electrons. The third kappa shape index (κ3) is 4.94. The van der Waals surface area contributed by atoms with Crippen LogP contribution in [0.1, 0.15) is 5.56 Å². The normalized spacial score (nSPS) is 17.3. The van der Waals surface area contributed by atoms with Gasteiger partial charge in [-0.15, -0.1) is 12.6 Å². The maximum atomic E-state index is 10.7. The van der Waals surface area contributed by atoms with Crippen LogP contribution in [-0.4, -0.2) is 36.0 Å². The van der Waals surface area contributed by atoms with Crippen molar-refractivity contribution < 1.29 is 19.4 Å². The van der Waals surface area contributed by atoms with Crippen LogP contribution in [0.25, 0.3) is 6.08 Å². The van der Waals surface area contributed by atoms with Gasteiger partial charge in [0.15, 0.2) is 23.6 Å². The summed E-state index contributed by atoms with van der Waals surface area (Å²) in [7, 11) is 1.49. The molecule has 0 radical (unpaired) electrons. The summed E-state index contributed by atoms with van der Waals surface area (Å²) >= 11 is 10.1. The number of benzene rings is 1. The Bertz CT molecular complexity index is 688. The molecule has 0 amide bonds. The van der Waals surface area contributed by atoms with Gasteiger partial charge in [-0.2, -0.15) is 0 Å². The fourth-order valence-corrected chi connectivity index (χ4v) is 2.45. The number of allylic oxidation sites excluding steroid dienone is 2. The van der Waals surface area contributed by atoms with Crippen LogP contribution in [0.3, 0.4) is 0 Å². The predicted molar refractivity (Wildman–Crippen MR) is 92.4 cm³/mol. The van der Waals surface area contributed by atoms with Crippen molar-refractivity contribution in [3.8, 4) is 11.5 Å².